The summed E-state index contributed by atoms with van der Waals surface area (Å²) < 4.78 is 0. The van der Waals surface area contributed by atoms with Crippen molar-refractivity contribution in [1.29, 1.82) is 0 Å². The summed E-state index contributed by atoms with van der Waals surface area (Å²) in [5.74, 6) is -0.0261. The van der Waals surface area contributed by atoms with Crippen LogP contribution in [-0.2, 0) is 0 Å². The highest BCUT2D eigenvalue weighted by Crippen LogP contribution is 2.16. The van der Waals surface area contributed by atoms with E-state index in [2.05, 4.69) is 48.6 Å². The smallest absolute Gasteiger partial charge is 0.251 e. The maximum absolute atomic E-state index is 12.2. The molecular formula is C19H26N3O+. The lowest BCUT2D eigenvalue weighted by molar-refractivity contribution is -0.890. The van der Waals surface area contributed by atoms with E-state index in [9.17, 15) is 4.79 Å². The van der Waals surface area contributed by atoms with Gasteiger partial charge in [0, 0.05) is 30.9 Å². The number of rotatable bonds is 6. The minimum Gasteiger partial charge on any atom is -0.378 e. The molecule has 0 bridgehead atoms. The normalized spacial score (nSPS) is 12.0. The number of quaternary nitrogens is 1. The fourth-order valence-corrected chi connectivity index (χ4v) is 2.55. The van der Waals surface area contributed by atoms with Crippen LogP contribution in [0.4, 0.5) is 5.69 Å². The molecule has 2 aromatic rings. The Hall–Kier alpha value is -2.33. The van der Waals surface area contributed by atoms with Crippen LogP contribution in [0, 0.1) is 0 Å². The fourth-order valence-electron chi connectivity index (χ4n) is 2.55. The zero-order valence-electron chi connectivity index (χ0n) is 14.3. The van der Waals surface area contributed by atoms with Crippen molar-refractivity contribution >= 4 is 11.6 Å². The van der Waals surface area contributed by atoms with Crippen LogP contribution in [0.2, 0.25) is 0 Å². The van der Waals surface area contributed by atoms with E-state index in [0.29, 0.717) is 12.1 Å². The molecule has 0 fully saturated rings. The second kappa shape index (κ2) is 7.79. The van der Waals surface area contributed by atoms with Crippen LogP contribution >= 0.6 is 0 Å². The van der Waals surface area contributed by atoms with Crippen LogP contribution in [0.25, 0.3) is 0 Å². The van der Waals surface area contributed by atoms with E-state index >= 15 is 0 Å². The Balaban J connectivity index is 2.05. The van der Waals surface area contributed by atoms with Crippen molar-refractivity contribution in [2.24, 2.45) is 0 Å². The molecule has 122 valence electrons. The van der Waals surface area contributed by atoms with Crippen LogP contribution in [-0.4, -0.2) is 40.6 Å². The Morgan fingerprint density at radius 3 is 2.17 bits per heavy atom. The minimum atomic E-state index is -0.0261. The van der Waals surface area contributed by atoms with E-state index < -0.39 is 0 Å². The van der Waals surface area contributed by atoms with Crippen molar-refractivity contribution in [1.82, 2.24) is 5.32 Å². The van der Waals surface area contributed by atoms with Crippen molar-refractivity contribution in [2.45, 2.75) is 6.04 Å². The van der Waals surface area contributed by atoms with E-state index in [1.165, 1.54) is 16.2 Å². The van der Waals surface area contributed by atoms with Crippen LogP contribution in [0.3, 0.4) is 0 Å². The summed E-state index contributed by atoms with van der Waals surface area (Å²) in [4.78, 5) is 15.6. The average molecular weight is 312 g/mol. The van der Waals surface area contributed by atoms with Gasteiger partial charge in [-0.3, -0.25) is 4.79 Å². The van der Waals surface area contributed by atoms with Gasteiger partial charge in [0.25, 0.3) is 5.91 Å². The molecule has 4 heteroatoms. The largest absolute Gasteiger partial charge is 0.378 e. The lowest BCUT2D eigenvalue weighted by Crippen LogP contribution is -3.07. The first-order chi connectivity index (χ1) is 11.0. The van der Waals surface area contributed by atoms with E-state index in [1.807, 2.05) is 44.4 Å². The summed E-state index contributed by atoms with van der Waals surface area (Å²) in [5.41, 5.74) is 3.10. The highest BCUT2D eigenvalue weighted by Gasteiger charge is 2.19. The third-order valence-electron chi connectivity index (χ3n) is 4.01. The second-order valence-corrected chi connectivity index (χ2v) is 6.19. The van der Waals surface area contributed by atoms with Gasteiger partial charge in [-0.2, -0.15) is 0 Å². The van der Waals surface area contributed by atoms with Gasteiger partial charge < -0.3 is 15.1 Å². The zero-order valence-corrected chi connectivity index (χ0v) is 14.3. The van der Waals surface area contributed by atoms with Gasteiger partial charge in [0.05, 0.1) is 20.6 Å². The topological polar surface area (TPSA) is 36.8 Å². The first-order valence-electron chi connectivity index (χ1n) is 7.89. The summed E-state index contributed by atoms with van der Waals surface area (Å²) in [5, 5.41) is 3.05. The molecule has 0 radical (unpaired) electrons. The average Bonchev–Trinajstić information content (AvgIpc) is 2.55. The standard InChI is InChI=1S/C19H25N3O/c1-21(2)17-12-10-15(11-13-17)18(22(3)4)14-20-19(23)16-8-6-5-7-9-16/h5-13,18H,14H2,1-4H3,(H,20,23)/p+1/t18-/m0/s1. The van der Waals surface area contributed by atoms with Crippen LogP contribution in [0.5, 0.6) is 0 Å². The Kier molecular flexibility index (Phi) is 5.77. The van der Waals surface area contributed by atoms with Gasteiger partial charge >= 0.3 is 0 Å². The maximum atomic E-state index is 12.2. The summed E-state index contributed by atoms with van der Waals surface area (Å²) in [6.07, 6.45) is 0. The second-order valence-electron chi connectivity index (χ2n) is 6.19. The van der Waals surface area contributed by atoms with Crippen LogP contribution in [0.15, 0.2) is 54.6 Å². The molecular weight excluding hydrogens is 286 g/mol. The molecule has 2 aromatic carbocycles. The third kappa shape index (κ3) is 4.57. The van der Waals surface area contributed by atoms with Crippen LogP contribution in [0.1, 0.15) is 22.0 Å². The Bertz CT molecular complexity index is 621. The number of hydrogen-bond donors (Lipinski definition) is 2. The van der Waals surface area contributed by atoms with Gasteiger partial charge in [-0.05, 0) is 24.3 Å². The van der Waals surface area contributed by atoms with Crippen molar-refractivity contribution in [2.75, 3.05) is 39.6 Å². The molecule has 0 saturated heterocycles. The van der Waals surface area contributed by atoms with Gasteiger partial charge in [-0.1, -0.05) is 30.3 Å². The van der Waals surface area contributed by atoms with E-state index in [-0.39, 0.29) is 11.9 Å². The quantitative estimate of drug-likeness (QED) is 0.845. The van der Waals surface area contributed by atoms with Gasteiger partial charge in [0.2, 0.25) is 0 Å². The number of amides is 1. The highest BCUT2D eigenvalue weighted by molar-refractivity contribution is 5.94. The lowest BCUT2D eigenvalue weighted by atomic mass is 10.0. The summed E-state index contributed by atoms with van der Waals surface area (Å²) in [6, 6.07) is 18.1. The third-order valence-corrected chi connectivity index (χ3v) is 4.01. The van der Waals surface area contributed by atoms with Gasteiger partial charge in [-0.15, -0.1) is 0 Å². The monoisotopic (exact) mass is 312 g/mol. The number of carbonyl (C=O) groups excluding carboxylic acids is 1. The molecule has 0 spiro atoms. The SMILES string of the molecule is CN(C)c1ccc([C@H](CNC(=O)c2ccccc2)[NH+](C)C)cc1. The summed E-state index contributed by atoms with van der Waals surface area (Å²) >= 11 is 0. The van der Waals surface area contributed by atoms with Gasteiger partial charge in [0.15, 0.2) is 0 Å². The molecule has 0 aromatic heterocycles. The Morgan fingerprint density at radius 1 is 1.04 bits per heavy atom. The van der Waals surface area contributed by atoms with Crippen molar-refractivity contribution < 1.29 is 9.69 Å². The zero-order chi connectivity index (χ0) is 16.8. The minimum absolute atomic E-state index is 0.0261. The van der Waals surface area contributed by atoms with E-state index in [1.54, 1.807) is 0 Å². The Labute approximate surface area is 138 Å². The molecule has 1 amide bonds. The number of hydrogen-bond acceptors (Lipinski definition) is 2. The number of benzene rings is 2. The first-order valence-corrected chi connectivity index (χ1v) is 7.89. The molecule has 2 rings (SSSR count). The predicted octanol–water partition coefficient (Wildman–Crippen LogP) is 1.37. The van der Waals surface area contributed by atoms with Gasteiger partial charge in [0.1, 0.15) is 6.04 Å². The number of anilines is 1. The number of carbonyl (C=O) groups is 1. The molecule has 1 atom stereocenters. The molecule has 0 unspecified atom stereocenters. The molecule has 0 aliphatic carbocycles. The van der Waals surface area contributed by atoms with Crippen molar-refractivity contribution in [3.63, 3.8) is 0 Å². The summed E-state index contributed by atoms with van der Waals surface area (Å²) in [7, 11) is 8.28. The molecule has 23 heavy (non-hydrogen) atoms. The first kappa shape index (κ1) is 17.0. The molecule has 4 nitrogen and oxygen atoms in total. The maximum Gasteiger partial charge on any atom is 0.251 e. The van der Waals surface area contributed by atoms with E-state index in [4.69, 9.17) is 0 Å². The summed E-state index contributed by atoms with van der Waals surface area (Å²) in [6.45, 7) is 0.609. The molecule has 0 heterocycles. The fraction of sp³-hybridized carbons (Fsp3) is 0.316. The number of nitrogens with zero attached hydrogens (tertiary/aromatic N) is 1. The van der Waals surface area contributed by atoms with Crippen LogP contribution < -0.4 is 15.1 Å². The Morgan fingerprint density at radius 2 is 1.65 bits per heavy atom. The van der Waals surface area contributed by atoms with Crippen molar-refractivity contribution in [3.05, 3.63) is 65.7 Å². The predicted molar refractivity (Wildman–Crippen MR) is 95.1 cm³/mol. The molecule has 0 aliphatic rings. The van der Waals surface area contributed by atoms with Crippen molar-refractivity contribution in [3.8, 4) is 0 Å². The van der Waals surface area contributed by atoms with Gasteiger partial charge in [-0.25, -0.2) is 0 Å². The lowest BCUT2D eigenvalue weighted by Gasteiger charge is -2.23. The van der Waals surface area contributed by atoms with E-state index in [0.717, 1.165) is 0 Å². The number of nitrogens with one attached hydrogen (secondary N) is 2. The molecule has 0 aliphatic heterocycles. The molecule has 2 N–H and O–H groups in total. The molecule has 0 saturated carbocycles. The highest BCUT2D eigenvalue weighted by atomic mass is 16.1. The number of likely N-dealkylation sites (N-methyl/N-ethyl adjacent to an activating group) is 1.